The first kappa shape index (κ1) is 13.8. The molecule has 1 aromatic carbocycles. The Morgan fingerprint density at radius 3 is 2.84 bits per heavy atom. The average molecular weight is 285 g/mol. The van der Waals surface area contributed by atoms with Crippen LogP contribution in [0.1, 0.15) is 12.8 Å². The minimum absolute atomic E-state index is 0.0653. The normalized spacial score (nSPS) is 12.1. The van der Waals surface area contributed by atoms with Gasteiger partial charge in [0.15, 0.2) is 5.58 Å². The molecule has 8 heteroatoms. The zero-order valence-corrected chi connectivity index (χ0v) is 11.0. The monoisotopic (exact) mass is 285 g/mol. The molecule has 7 nitrogen and oxygen atoms in total. The Labute approximate surface area is 109 Å². The van der Waals surface area contributed by atoms with Crippen LogP contribution < -0.4 is 16.2 Å². The van der Waals surface area contributed by atoms with E-state index in [1.807, 2.05) is 0 Å². The van der Waals surface area contributed by atoms with Crippen molar-refractivity contribution in [3.63, 3.8) is 0 Å². The van der Waals surface area contributed by atoms with E-state index in [1.54, 1.807) is 0 Å². The number of benzene rings is 1. The second-order valence-electron chi connectivity index (χ2n) is 4.07. The highest BCUT2D eigenvalue weighted by molar-refractivity contribution is 7.89. The van der Waals surface area contributed by atoms with Crippen LogP contribution in [0.15, 0.2) is 32.3 Å². The standard InChI is InChI=1S/C11H15N3O4S/c12-5-1-2-6-13-19(16,17)8-3-4-9-10(7-8)18-11(15)14-9/h3-4,7,13H,1-2,5-6,12H2,(H,14,15). The SMILES string of the molecule is NCCCCNS(=O)(=O)c1ccc2[nH]c(=O)oc2c1. The number of sulfonamides is 1. The fourth-order valence-electron chi connectivity index (χ4n) is 1.65. The molecule has 2 aromatic rings. The lowest BCUT2D eigenvalue weighted by Crippen LogP contribution is -2.25. The summed E-state index contributed by atoms with van der Waals surface area (Å²) in [6.45, 7) is 0.858. The van der Waals surface area contributed by atoms with Gasteiger partial charge in [-0.2, -0.15) is 0 Å². The van der Waals surface area contributed by atoms with Crippen LogP contribution in [0.5, 0.6) is 0 Å². The van der Waals surface area contributed by atoms with Gasteiger partial charge in [0, 0.05) is 12.6 Å². The number of unbranched alkanes of at least 4 members (excludes halogenated alkanes) is 1. The van der Waals surface area contributed by atoms with Gasteiger partial charge >= 0.3 is 5.76 Å². The predicted molar refractivity (Wildman–Crippen MR) is 70.3 cm³/mol. The van der Waals surface area contributed by atoms with Crippen LogP contribution in [0.2, 0.25) is 0 Å². The van der Waals surface area contributed by atoms with Crippen molar-refractivity contribution >= 4 is 21.1 Å². The molecule has 1 aromatic heterocycles. The van der Waals surface area contributed by atoms with Gasteiger partial charge in [0.25, 0.3) is 0 Å². The van der Waals surface area contributed by atoms with Crippen molar-refractivity contribution in [2.45, 2.75) is 17.7 Å². The minimum Gasteiger partial charge on any atom is -0.408 e. The van der Waals surface area contributed by atoms with Gasteiger partial charge in [-0.05, 0) is 31.5 Å². The average Bonchev–Trinajstić information content (AvgIpc) is 2.73. The van der Waals surface area contributed by atoms with Gasteiger partial charge in [0.1, 0.15) is 0 Å². The van der Waals surface area contributed by atoms with E-state index in [0.717, 1.165) is 6.42 Å². The fraction of sp³-hybridized carbons (Fsp3) is 0.364. The third-order valence-electron chi connectivity index (χ3n) is 2.63. The van der Waals surface area contributed by atoms with Crippen LogP contribution in [-0.4, -0.2) is 26.5 Å². The summed E-state index contributed by atoms with van der Waals surface area (Å²) in [6, 6.07) is 4.23. The van der Waals surface area contributed by atoms with Crippen LogP contribution in [0, 0.1) is 0 Å². The van der Waals surface area contributed by atoms with Crippen molar-refractivity contribution in [3.8, 4) is 0 Å². The summed E-state index contributed by atoms with van der Waals surface area (Å²) in [5.74, 6) is -0.611. The van der Waals surface area contributed by atoms with Crippen molar-refractivity contribution in [3.05, 3.63) is 28.7 Å². The molecular formula is C11H15N3O4S. The predicted octanol–water partition coefficient (Wildman–Crippen LogP) is 0.138. The van der Waals surface area contributed by atoms with E-state index >= 15 is 0 Å². The van der Waals surface area contributed by atoms with Gasteiger partial charge in [-0.15, -0.1) is 0 Å². The second kappa shape index (κ2) is 5.55. The summed E-state index contributed by atoms with van der Waals surface area (Å²) < 4.78 is 31.2. The molecule has 0 spiro atoms. The molecule has 1 heterocycles. The Morgan fingerprint density at radius 2 is 2.11 bits per heavy atom. The van der Waals surface area contributed by atoms with Crippen LogP contribution in [0.3, 0.4) is 0 Å². The summed E-state index contributed by atoms with van der Waals surface area (Å²) in [5, 5.41) is 0. The highest BCUT2D eigenvalue weighted by Gasteiger charge is 2.15. The molecule has 104 valence electrons. The highest BCUT2D eigenvalue weighted by atomic mass is 32.2. The van der Waals surface area contributed by atoms with E-state index in [2.05, 4.69) is 9.71 Å². The molecule has 2 rings (SSSR count). The number of oxazole rings is 1. The van der Waals surface area contributed by atoms with E-state index in [-0.39, 0.29) is 10.5 Å². The van der Waals surface area contributed by atoms with Crippen molar-refractivity contribution in [2.24, 2.45) is 5.73 Å². The minimum atomic E-state index is -3.59. The van der Waals surface area contributed by atoms with Gasteiger partial charge in [0.05, 0.1) is 10.4 Å². The molecule has 0 aliphatic carbocycles. The molecule has 0 saturated heterocycles. The van der Waals surface area contributed by atoms with Crippen molar-refractivity contribution in [2.75, 3.05) is 13.1 Å². The molecule has 0 unspecified atom stereocenters. The van der Waals surface area contributed by atoms with Crippen LogP contribution in [0.25, 0.3) is 11.1 Å². The first-order chi connectivity index (χ1) is 9.03. The molecule has 0 fully saturated rings. The van der Waals surface area contributed by atoms with Crippen LogP contribution >= 0.6 is 0 Å². The van der Waals surface area contributed by atoms with Gasteiger partial charge in [-0.1, -0.05) is 0 Å². The van der Waals surface area contributed by atoms with Gasteiger partial charge < -0.3 is 10.2 Å². The van der Waals surface area contributed by atoms with Crippen molar-refractivity contribution < 1.29 is 12.8 Å². The number of H-pyrrole nitrogens is 1. The topological polar surface area (TPSA) is 118 Å². The Hall–Kier alpha value is -1.64. The van der Waals surface area contributed by atoms with E-state index in [9.17, 15) is 13.2 Å². The number of nitrogens with two attached hydrogens (primary N) is 1. The number of fused-ring (bicyclic) bond motifs is 1. The molecule has 19 heavy (non-hydrogen) atoms. The molecule has 4 N–H and O–H groups in total. The Bertz CT molecular complexity index is 717. The number of rotatable bonds is 6. The maximum atomic E-state index is 12.0. The summed E-state index contributed by atoms with van der Waals surface area (Å²) in [5.41, 5.74) is 6.01. The summed E-state index contributed by atoms with van der Waals surface area (Å²) in [6.07, 6.45) is 1.44. The van der Waals surface area contributed by atoms with Gasteiger partial charge in [-0.3, -0.25) is 4.98 Å². The van der Waals surface area contributed by atoms with Crippen LogP contribution in [0.4, 0.5) is 0 Å². The molecule has 0 saturated carbocycles. The molecule has 0 amide bonds. The Morgan fingerprint density at radius 1 is 1.32 bits per heavy atom. The number of aromatic nitrogens is 1. The maximum Gasteiger partial charge on any atom is 0.417 e. The van der Waals surface area contributed by atoms with Gasteiger partial charge in [0.2, 0.25) is 10.0 Å². The third kappa shape index (κ3) is 3.22. The Kier molecular flexibility index (Phi) is 4.03. The Balaban J connectivity index is 2.20. The summed E-state index contributed by atoms with van der Waals surface area (Å²) in [7, 11) is -3.59. The smallest absolute Gasteiger partial charge is 0.408 e. The maximum absolute atomic E-state index is 12.0. The van der Waals surface area contributed by atoms with E-state index in [0.29, 0.717) is 25.0 Å². The lowest BCUT2D eigenvalue weighted by Gasteiger charge is -2.05. The number of nitrogens with one attached hydrogen (secondary N) is 2. The lowest BCUT2D eigenvalue weighted by atomic mass is 10.3. The first-order valence-electron chi connectivity index (χ1n) is 5.85. The second-order valence-corrected chi connectivity index (χ2v) is 5.83. The van der Waals surface area contributed by atoms with E-state index < -0.39 is 15.8 Å². The quantitative estimate of drug-likeness (QED) is 0.652. The molecule has 0 bridgehead atoms. The molecule has 0 aliphatic heterocycles. The molecule has 0 radical (unpaired) electrons. The largest absolute Gasteiger partial charge is 0.417 e. The first-order valence-corrected chi connectivity index (χ1v) is 7.34. The van der Waals surface area contributed by atoms with E-state index in [4.69, 9.17) is 10.2 Å². The third-order valence-corrected chi connectivity index (χ3v) is 4.08. The molecule has 0 atom stereocenters. The van der Waals surface area contributed by atoms with Crippen molar-refractivity contribution in [1.29, 1.82) is 0 Å². The van der Waals surface area contributed by atoms with Crippen LogP contribution in [-0.2, 0) is 10.0 Å². The fourth-order valence-corrected chi connectivity index (χ4v) is 2.74. The molecule has 0 aliphatic rings. The van der Waals surface area contributed by atoms with Crippen molar-refractivity contribution in [1.82, 2.24) is 9.71 Å². The van der Waals surface area contributed by atoms with E-state index in [1.165, 1.54) is 18.2 Å². The zero-order chi connectivity index (χ0) is 13.9. The number of aromatic amines is 1. The summed E-state index contributed by atoms with van der Waals surface area (Å²) >= 11 is 0. The van der Waals surface area contributed by atoms with Gasteiger partial charge in [-0.25, -0.2) is 17.9 Å². The molecular weight excluding hydrogens is 270 g/mol. The highest BCUT2D eigenvalue weighted by Crippen LogP contribution is 2.16. The zero-order valence-electron chi connectivity index (χ0n) is 10.2. The number of hydrogen-bond acceptors (Lipinski definition) is 5. The number of hydrogen-bond donors (Lipinski definition) is 3. The summed E-state index contributed by atoms with van der Waals surface area (Å²) in [4.78, 5) is 13.5. The lowest BCUT2D eigenvalue weighted by molar-refractivity contribution is 0.553.